The number of likely N-dealkylation sites (N-methyl/N-ethyl adjacent to an activating group) is 1. The Hall–Kier alpha value is -0.0800. The van der Waals surface area contributed by atoms with Gasteiger partial charge in [0.05, 0.1) is 6.10 Å². The van der Waals surface area contributed by atoms with E-state index in [-0.39, 0.29) is 6.10 Å². The maximum Gasteiger partial charge on any atom is 0.0693 e. The van der Waals surface area contributed by atoms with Crippen LogP contribution in [0.4, 0.5) is 0 Å². The topological polar surface area (TPSA) is 32.3 Å². The minimum absolute atomic E-state index is 0.0892. The third-order valence-electron chi connectivity index (χ3n) is 2.20. The van der Waals surface area contributed by atoms with Crippen molar-refractivity contribution in [2.24, 2.45) is 0 Å². The lowest BCUT2D eigenvalue weighted by Gasteiger charge is -2.27. The molecule has 0 saturated heterocycles. The summed E-state index contributed by atoms with van der Waals surface area (Å²) in [4.78, 5) is 0. The molecule has 1 rings (SSSR count). The van der Waals surface area contributed by atoms with Gasteiger partial charge < -0.3 is 10.4 Å². The first-order valence-electron chi connectivity index (χ1n) is 4.26. The van der Waals surface area contributed by atoms with Crippen molar-refractivity contribution in [3.63, 3.8) is 0 Å². The quantitative estimate of drug-likeness (QED) is 0.602. The van der Waals surface area contributed by atoms with Crippen molar-refractivity contribution in [2.75, 3.05) is 6.54 Å². The minimum Gasteiger partial charge on any atom is -0.392 e. The minimum atomic E-state index is -0.0892. The first-order valence-corrected chi connectivity index (χ1v) is 4.26. The summed E-state index contributed by atoms with van der Waals surface area (Å²) in [7, 11) is 0. The molecule has 0 spiro atoms. The molecule has 0 aliphatic heterocycles. The molecule has 1 aliphatic rings. The second-order valence-electron chi connectivity index (χ2n) is 3.02. The fourth-order valence-electron chi connectivity index (χ4n) is 1.61. The predicted octanol–water partition coefficient (Wildman–Crippen LogP) is 0.899. The molecule has 10 heavy (non-hydrogen) atoms. The molecule has 1 aliphatic carbocycles. The third kappa shape index (κ3) is 1.96. The van der Waals surface area contributed by atoms with Crippen LogP contribution in [0.25, 0.3) is 0 Å². The van der Waals surface area contributed by atoms with E-state index in [4.69, 9.17) is 0 Å². The van der Waals surface area contributed by atoms with Crippen molar-refractivity contribution in [1.82, 2.24) is 5.32 Å². The average molecular weight is 143 g/mol. The zero-order valence-corrected chi connectivity index (χ0v) is 6.64. The van der Waals surface area contributed by atoms with Crippen LogP contribution in [0.15, 0.2) is 0 Å². The molecule has 60 valence electrons. The van der Waals surface area contributed by atoms with Gasteiger partial charge in [-0.15, -0.1) is 0 Å². The Bertz CT molecular complexity index is 93.3. The summed E-state index contributed by atoms with van der Waals surface area (Å²) in [5.41, 5.74) is 0. The summed E-state index contributed by atoms with van der Waals surface area (Å²) in [6, 6.07) is 0.374. The number of hydrogen-bond acceptors (Lipinski definition) is 2. The summed E-state index contributed by atoms with van der Waals surface area (Å²) >= 11 is 0. The van der Waals surface area contributed by atoms with Gasteiger partial charge in [-0.1, -0.05) is 19.8 Å². The molecule has 0 radical (unpaired) electrons. The Morgan fingerprint density at radius 3 is 2.70 bits per heavy atom. The Morgan fingerprint density at radius 2 is 2.10 bits per heavy atom. The molecule has 0 bridgehead atoms. The van der Waals surface area contributed by atoms with E-state index in [0.29, 0.717) is 6.04 Å². The van der Waals surface area contributed by atoms with Crippen LogP contribution in [-0.4, -0.2) is 23.8 Å². The standard InChI is InChI=1S/C8H17NO/c1-2-9-7-5-3-4-6-8(7)10/h7-10H,2-6H2,1H3/t7-,8-/m0/s1. The molecule has 1 fully saturated rings. The van der Waals surface area contributed by atoms with E-state index in [9.17, 15) is 5.11 Å². The smallest absolute Gasteiger partial charge is 0.0693 e. The molecule has 0 aromatic carbocycles. The summed E-state index contributed by atoms with van der Waals surface area (Å²) in [5.74, 6) is 0. The van der Waals surface area contributed by atoms with Gasteiger partial charge in [0.2, 0.25) is 0 Å². The Morgan fingerprint density at radius 1 is 1.40 bits per heavy atom. The van der Waals surface area contributed by atoms with E-state index in [0.717, 1.165) is 19.4 Å². The zero-order valence-electron chi connectivity index (χ0n) is 6.64. The second kappa shape index (κ2) is 3.94. The predicted molar refractivity (Wildman–Crippen MR) is 41.9 cm³/mol. The van der Waals surface area contributed by atoms with E-state index in [1.807, 2.05) is 0 Å². The van der Waals surface area contributed by atoms with Crippen molar-refractivity contribution in [3.8, 4) is 0 Å². The molecule has 0 heterocycles. The van der Waals surface area contributed by atoms with Gasteiger partial charge in [0, 0.05) is 6.04 Å². The number of aliphatic hydroxyl groups is 1. The molecule has 1 saturated carbocycles. The SMILES string of the molecule is CCN[C@H]1CCCC[C@@H]1O. The highest BCUT2D eigenvalue weighted by Gasteiger charge is 2.21. The van der Waals surface area contributed by atoms with Gasteiger partial charge in [-0.2, -0.15) is 0 Å². The highest BCUT2D eigenvalue weighted by Crippen LogP contribution is 2.17. The molecule has 0 unspecified atom stereocenters. The average Bonchev–Trinajstić information content (AvgIpc) is 1.94. The van der Waals surface area contributed by atoms with Gasteiger partial charge in [0.1, 0.15) is 0 Å². The van der Waals surface area contributed by atoms with Crippen LogP contribution in [0.5, 0.6) is 0 Å². The van der Waals surface area contributed by atoms with Crippen molar-refractivity contribution in [3.05, 3.63) is 0 Å². The van der Waals surface area contributed by atoms with Crippen LogP contribution >= 0.6 is 0 Å². The van der Waals surface area contributed by atoms with Gasteiger partial charge >= 0.3 is 0 Å². The van der Waals surface area contributed by atoms with E-state index in [2.05, 4.69) is 12.2 Å². The zero-order chi connectivity index (χ0) is 7.40. The van der Waals surface area contributed by atoms with Gasteiger partial charge in [-0.25, -0.2) is 0 Å². The Balaban J connectivity index is 2.25. The Kier molecular flexibility index (Phi) is 3.16. The summed E-state index contributed by atoms with van der Waals surface area (Å²) in [5, 5.41) is 12.7. The monoisotopic (exact) mass is 143 g/mol. The maximum absolute atomic E-state index is 9.44. The fourth-order valence-corrected chi connectivity index (χ4v) is 1.61. The van der Waals surface area contributed by atoms with E-state index >= 15 is 0 Å². The molecule has 0 amide bonds. The van der Waals surface area contributed by atoms with Gasteiger partial charge in [-0.3, -0.25) is 0 Å². The first kappa shape index (κ1) is 8.02. The normalized spacial score (nSPS) is 34.2. The van der Waals surface area contributed by atoms with Crippen LogP contribution in [0.1, 0.15) is 32.6 Å². The van der Waals surface area contributed by atoms with Crippen LogP contribution in [0.2, 0.25) is 0 Å². The van der Waals surface area contributed by atoms with Crippen LogP contribution in [-0.2, 0) is 0 Å². The second-order valence-corrected chi connectivity index (χ2v) is 3.02. The maximum atomic E-state index is 9.44. The molecule has 2 atom stereocenters. The molecule has 2 heteroatoms. The largest absolute Gasteiger partial charge is 0.392 e. The van der Waals surface area contributed by atoms with Gasteiger partial charge in [0.15, 0.2) is 0 Å². The summed E-state index contributed by atoms with van der Waals surface area (Å²) in [6.07, 6.45) is 4.51. The van der Waals surface area contributed by atoms with Crippen LogP contribution in [0, 0.1) is 0 Å². The lowest BCUT2D eigenvalue weighted by molar-refractivity contribution is 0.0920. The van der Waals surface area contributed by atoms with Crippen LogP contribution in [0.3, 0.4) is 0 Å². The van der Waals surface area contributed by atoms with Crippen molar-refractivity contribution in [1.29, 1.82) is 0 Å². The lowest BCUT2D eigenvalue weighted by atomic mass is 9.93. The molecular formula is C8H17NO. The molecular weight excluding hydrogens is 126 g/mol. The number of aliphatic hydroxyl groups excluding tert-OH is 1. The number of nitrogens with one attached hydrogen (secondary N) is 1. The van der Waals surface area contributed by atoms with E-state index in [1.165, 1.54) is 12.8 Å². The molecule has 0 aromatic heterocycles. The van der Waals surface area contributed by atoms with Crippen molar-refractivity contribution < 1.29 is 5.11 Å². The summed E-state index contributed by atoms with van der Waals surface area (Å²) in [6.45, 7) is 3.06. The van der Waals surface area contributed by atoms with Crippen LogP contribution < -0.4 is 5.32 Å². The highest BCUT2D eigenvalue weighted by molar-refractivity contribution is 4.79. The molecule has 2 nitrogen and oxygen atoms in total. The highest BCUT2D eigenvalue weighted by atomic mass is 16.3. The van der Waals surface area contributed by atoms with E-state index < -0.39 is 0 Å². The fraction of sp³-hybridized carbons (Fsp3) is 1.00. The van der Waals surface area contributed by atoms with Gasteiger partial charge in [-0.05, 0) is 19.4 Å². The molecule has 2 N–H and O–H groups in total. The summed E-state index contributed by atoms with van der Waals surface area (Å²) < 4.78 is 0. The van der Waals surface area contributed by atoms with E-state index in [1.54, 1.807) is 0 Å². The molecule has 0 aromatic rings. The van der Waals surface area contributed by atoms with Gasteiger partial charge in [0.25, 0.3) is 0 Å². The third-order valence-corrected chi connectivity index (χ3v) is 2.20. The van der Waals surface area contributed by atoms with Crippen molar-refractivity contribution in [2.45, 2.75) is 44.8 Å². The van der Waals surface area contributed by atoms with Crippen molar-refractivity contribution >= 4 is 0 Å². The first-order chi connectivity index (χ1) is 4.84. The number of rotatable bonds is 2. The number of hydrogen-bond donors (Lipinski definition) is 2. The lowest BCUT2D eigenvalue weighted by Crippen LogP contribution is -2.41. The Labute approximate surface area is 62.6 Å².